The fourth-order valence-corrected chi connectivity index (χ4v) is 2.71. The Morgan fingerprint density at radius 1 is 1.26 bits per heavy atom. The maximum Gasteiger partial charge on any atom is 0.446 e. The number of ether oxygens (including phenoxy) is 1. The van der Waals surface area contributed by atoms with Crippen molar-refractivity contribution in [3.63, 3.8) is 0 Å². The first-order valence-corrected chi connectivity index (χ1v) is 6.96. The maximum absolute atomic E-state index is 12.4. The van der Waals surface area contributed by atoms with E-state index in [1.54, 1.807) is 0 Å². The summed E-state index contributed by atoms with van der Waals surface area (Å²) in [6.07, 6.45) is 5.11. The van der Waals surface area contributed by atoms with Gasteiger partial charge in [0.15, 0.2) is 0 Å². The summed E-state index contributed by atoms with van der Waals surface area (Å²) in [5.41, 5.74) is -4.26. The molecule has 1 saturated carbocycles. The molecule has 19 heavy (non-hydrogen) atoms. The van der Waals surface area contributed by atoms with Gasteiger partial charge in [0, 0.05) is 11.7 Å². The monoisotopic (exact) mass is 297 g/mol. The number of hydrogen-bond donors (Lipinski definition) is 1. The van der Waals surface area contributed by atoms with Crippen molar-refractivity contribution >= 4 is 17.7 Å². The van der Waals surface area contributed by atoms with Gasteiger partial charge in [0.1, 0.15) is 4.91 Å². The highest BCUT2D eigenvalue weighted by Gasteiger charge is 2.35. The van der Waals surface area contributed by atoms with Crippen molar-refractivity contribution in [3.05, 3.63) is 10.6 Å². The zero-order valence-electron chi connectivity index (χ0n) is 11.0. The predicted octanol–water partition coefficient (Wildman–Crippen LogP) is 3.57. The Hall–Kier alpha value is -0.850. The number of thioether (sulfide) groups is 1. The van der Waals surface area contributed by atoms with Crippen LogP contribution < -0.4 is 5.32 Å². The molecule has 1 aliphatic rings. The molecule has 1 fully saturated rings. The van der Waals surface area contributed by atoms with E-state index in [0.717, 1.165) is 39.2 Å². The smallest absolute Gasteiger partial charge is 0.446 e. The number of hydrogen-bond acceptors (Lipinski definition) is 4. The molecular weight excluding hydrogens is 279 g/mol. The van der Waals surface area contributed by atoms with Gasteiger partial charge in [0.25, 0.3) is 0 Å². The molecule has 0 unspecified atom stereocenters. The number of carbonyl (C=O) groups excluding carboxylic acids is 1. The fraction of sp³-hybridized carbons (Fsp3) is 0.750. The van der Waals surface area contributed by atoms with E-state index >= 15 is 0 Å². The molecular formula is C12H18F3NO2S. The topological polar surface area (TPSA) is 38.3 Å². The third-order valence-corrected chi connectivity index (χ3v) is 3.86. The summed E-state index contributed by atoms with van der Waals surface area (Å²) in [4.78, 5) is 11.0. The van der Waals surface area contributed by atoms with Gasteiger partial charge in [-0.3, -0.25) is 0 Å². The van der Waals surface area contributed by atoms with Crippen LogP contribution in [0.5, 0.6) is 0 Å². The molecule has 0 atom stereocenters. The second kappa shape index (κ2) is 7.07. The molecule has 3 nitrogen and oxygen atoms in total. The summed E-state index contributed by atoms with van der Waals surface area (Å²) in [6, 6.07) is 0.141. The van der Waals surface area contributed by atoms with E-state index < -0.39 is 28.1 Å². The molecule has 0 saturated heterocycles. The van der Waals surface area contributed by atoms with Crippen LogP contribution in [0.1, 0.15) is 39.0 Å². The molecule has 110 valence electrons. The number of alkyl halides is 3. The van der Waals surface area contributed by atoms with Gasteiger partial charge in [0.2, 0.25) is 0 Å². The normalized spacial score (nSPS) is 18.8. The van der Waals surface area contributed by atoms with Crippen LogP contribution in [0.3, 0.4) is 0 Å². The number of carbonyl (C=O) groups is 1. The van der Waals surface area contributed by atoms with Crippen molar-refractivity contribution in [2.45, 2.75) is 50.6 Å². The van der Waals surface area contributed by atoms with Crippen LogP contribution in [0.4, 0.5) is 13.2 Å². The van der Waals surface area contributed by atoms with Crippen LogP contribution in [-0.2, 0) is 9.53 Å². The SMILES string of the molecule is COC(=O)/C(SC(F)(F)F)=C(/C)NC1CCCCC1. The molecule has 0 aromatic carbocycles. The van der Waals surface area contributed by atoms with Gasteiger partial charge in [0.05, 0.1) is 7.11 Å². The zero-order valence-corrected chi connectivity index (χ0v) is 11.8. The molecule has 0 heterocycles. The minimum absolute atomic E-state index is 0.141. The van der Waals surface area contributed by atoms with Crippen LogP contribution in [0.25, 0.3) is 0 Å². The zero-order chi connectivity index (χ0) is 14.5. The third-order valence-electron chi connectivity index (χ3n) is 2.95. The standard InChI is InChI=1S/C12H18F3NO2S/c1-8(16-9-6-4-3-5-7-9)10(11(17)18-2)19-12(13,14)15/h9,16H,3-7H2,1-2H3/b10-8+. The van der Waals surface area contributed by atoms with Gasteiger partial charge in [-0.1, -0.05) is 19.3 Å². The highest BCUT2D eigenvalue weighted by Crippen LogP contribution is 2.38. The molecule has 1 N–H and O–H groups in total. The number of esters is 1. The van der Waals surface area contributed by atoms with Crippen molar-refractivity contribution in [2.24, 2.45) is 0 Å². The van der Waals surface area contributed by atoms with E-state index in [2.05, 4.69) is 10.1 Å². The summed E-state index contributed by atoms with van der Waals surface area (Å²) in [5, 5.41) is 3.01. The average molecular weight is 297 g/mol. The summed E-state index contributed by atoms with van der Waals surface area (Å²) >= 11 is -0.426. The Bertz CT molecular complexity index is 349. The first kappa shape index (κ1) is 16.2. The van der Waals surface area contributed by atoms with Crippen LogP contribution in [-0.4, -0.2) is 24.6 Å². The number of halogens is 3. The van der Waals surface area contributed by atoms with Crippen LogP contribution >= 0.6 is 11.8 Å². The van der Waals surface area contributed by atoms with E-state index in [9.17, 15) is 18.0 Å². The van der Waals surface area contributed by atoms with Gasteiger partial charge < -0.3 is 10.1 Å². The highest BCUT2D eigenvalue weighted by molar-refractivity contribution is 8.04. The number of nitrogens with one attached hydrogen (secondary N) is 1. The molecule has 0 bridgehead atoms. The van der Waals surface area contributed by atoms with Crippen molar-refractivity contribution in [3.8, 4) is 0 Å². The lowest BCUT2D eigenvalue weighted by molar-refractivity contribution is -0.135. The number of methoxy groups -OCH3 is 1. The Kier molecular flexibility index (Phi) is 6.03. The molecule has 0 aliphatic heterocycles. The summed E-state index contributed by atoms with van der Waals surface area (Å²) in [5.74, 6) is -0.955. The van der Waals surface area contributed by atoms with E-state index in [1.807, 2.05) is 0 Å². The molecule has 0 radical (unpaired) electrons. The van der Waals surface area contributed by atoms with Gasteiger partial charge in [-0.05, 0) is 31.5 Å². The Morgan fingerprint density at radius 3 is 2.32 bits per heavy atom. The lowest BCUT2D eigenvalue weighted by atomic mass is 9.95. The summed E-state index contributed by atoms with van der Waals surface area (Å²) in [7, 11) is 1.08. The summed E-state index contributed by atoms with van der Waals surface area (Å²) in [6.45, 7) is 1.49. The van der Waals surface area contributed by atoms with Crippen molar-refractivity contribution in [1.82, 2.24) is 5.32 Å². The van der Waals surface area contributed by atoms with Gasteiger partial charge >= 0.3 is 11.5 Å². The van der Waals surface area contributed by atoms with Crippen LogP contribution in [0, 0.1) is 0 Å². The van der Waals surface area contributed by atoms with E-state index in [1.165, 1.54) is 6.92 Å². The lowest BCUT2D eigenvalue weighted by Crippen LogP contribution is -2.31. The largest absolute Gasteiger partial charge is 0.465 e. The number of allylic oxidation sites excluding steroid dienone is 1. The second-order valence-corrected chi connectivity index (χ2v) is 5.55. The van der Waals surface area contributed by atoms with E-state index in [-0.39, 0.29) is 11.7 Å². The van der Waals surface area contributed by atoms with E-state index in [0.29, 0.717) is 0 Å². The quantitative estimate of drug-likeness (QED) is 0.636. The molecule has 7 heteroatoms. The fourth-order valence-electron chi connectivity index (χ4n) is 2.10. The minimum Gasteiger partial charge on any atom is -0.465 e. The minimum atomic E-state index is -4.50. The van der Waals surface area contributed by atoms with Gasteiger partial charge in [-0.2, -0.15) is 13.2 Å². The highest BCUT2D eigenvalue weighted by atomic mass is 32.2. The molecule has 0 aromatic rings. The first-order chi connectivity index (χ1) is 8.83. The Balaban J connectivity index is 2.79. The predicted molar refractivity (Wildman–Crippen MR) is 68.4 cm³/mol. The molecule has 1 rings (SSSR count). The van der Waals surface area contributed by atoms with Crippen molar-refractivity contribution in [2.75, 3.05) is 7.11 Å². The Labute approximate surface area is 115 Å². The second-order valence-electron chi connectivity index (χ2n) is 4.47. The molecule has 0 spiro atoms. The first-order valence-electron chi connectivity index (χ1n) is 6.15. The van der Waals surface area contributed by atoms with Crippen LogP contribution in [0.15, 0.2) is 10.6 Å². The maximum atomic E-state index is 12.4. The van der Waals surface area contributed by atoms with Gasteiger partial charge in [-0.15, -0.1) is 0 Å². The average Bonchev–Trinajstić information content (AvgIpc) is 2.35. The Morgan fingerprint density at radius 2 is 1.84 bits per heavy atom. The summed E-state index contributed by atoms with van der Waals surface area (Å²) < 4.78 is 41.7. The lowest BCUT2D eigenvalue weighted by Gasteiger charge is -2.25. The number of rotatable bonds is 4. The third kappa shape index (κ3) is 5.76. The molecule has 1 aliphatic carbocycles. The van der Waals surface area contributed by atoms with E-state index in [4.69, 9.17) is 0 Å². The van der Waals surface area contributed by atoms with Crippen LogP contribution in [0.2, 0.25) is 0 Å². The van der Waals surface area contributed by atoms with Crippen molar-refractivity contribution < 1.29 is 22.7 Å². The van der Waals surface area contributed by atoms with Crippen molar-refractivity contribution in [1.29, 1.82) is 0 Å². The molecule has 0 amide bonds. The molecule has 0 aromatic heterocycles. The van der Waals surface area contributed by atoms with Gasteiger partial charge in [-0.25, -0.2) is 4.79 Å².